The van der Waals surface area contributed by atoms with Crippen LogP contribution in [0.5, 0.6) is 0 Å². The molecule has 0 saturated carbocycles. The van der Waals surface area contributed by atoms with Crippen molar-refractivity contribution in [1.82, 2.24) is 15.1 Å². The summed E-state index contributed by atoms with van der Waals surface area (Å²) < 4.78 is 27.9. The van der Waals surface area contributed by atoms with Gasteiger partial charge in [0, 0.05) is 44.0 Å². The molecule has 1 heterocycles. The molecular weight excluding hydrogens is 400 g/mol. The second-order valence-electron chi connectivity index (χ2n) is 7.75. The lowest BCUT2D eigenvalue weighted by Gasteiger charge is -2.32. The lowest BCUT2D eigenvalue weighted by atomic mass is 10.2. The number of rotatable bonds is 8. The Hall–Kier alpha value is -2.42. The monoisotopic (exact) mass is 430 g/mol. The number of carbonyl (C=O) groups is 1. The van der Waals surface area contributed by atoms with Crippen LogP contribution in [0, 0.1) is 6.92 Å². The van der Waals surface area contributed by atoms with E-state index < -0.39 is 10.0 Å². The van der Waals surface area contributed by atoms with E-state index in [1.807, 2.05) is 19.1 Å². The molecule has 162 valence electrons. The fourth-order valence-corrected chi connectivity index (χ4v) is 4.42. The molecule has 0 aromatic heterocycles. The Kier molecular flexibility index (Phi) is 7.47. The Balaban J connectivity index is 1.53. The summed E-state index contributed by atoms with van der Waals surface area (Å²) in [7, 11) is -1.64. The highest BCUT2D eigenvalue weighted by atomic mass is 32.2. The number of hydrogen-bond donors (Lipinski definition) is 2. The molecule has 1 aliphatic rings. The highest BCUT2D eigenvalue weighted by Gasteiger charge is 2.17. The normalized spacial score (nSPS) is 15.7. The molecule has 1 fully saturated rings. The molecule has 0 aliphatic carbocycles. The average molecular weight is 431 g/mol. The highest BCUT2D eigenvalue weighted by molar-refractivity contribution is 7.92. The van der Waals surface area contributed by atoms with E-state index in [2.05, 4.69) is 26.9 Å². The van der Waals surface area contributed by atoms with E-state index in [0.29, 0.717) is 17.8 Å². The second-order valence-corrected chi connectivity index (χ2v) is 9.44. The van der Waals surface area contributed by atoms with Crippen molar-refractivity contribution in [3.63, 3.8) is 0 Å². The van der Waals surface area contributed by atoms with Gasteiger partial charge in [0.15, 0.2) is 0 Å². The largest absolute Gasteiger partial charge is 0.352 e. The van der Waals surface area contributed by atoms with Crippen LogP contribution in [0.2, 0.25) is 0 Å². The van der Waals surface area contributed by atoms with Crippen LogP contribution < -0.4 is 10.0 Å². The van der Waals surface area contributed by atoms with Gasteiger partial charge in [-0.2, -0.15) is 0 Å². The summed E-state index contributed by atoms with van der Waals surface area (Å²) in [4.78, 5) is 17.2. The summed E-state index contributed by atoms with van der Waals surface area (Å²) in [6.45, 7) is 7.70. The first-order valence-corrected chi connectivity index (χ1v) is 11.7. The van der Waals surface area contributed by atoms with E-state index in [0.717, 1.165) is 44.7 Å². The predicted molar refractivity (Wildman–Crippen MR) is 119 cm³/mol. The summed E-state index contributed by atoms with van der Waals surface area (Å²) >= 11 is 0. The van der Waals surface area contributed by atoms with Gasteiger partial charge in [0.1, 0.15) is 0 Å². The topological polar surface area (TPSA) is 81.7 Å². The minimum Gasteiger partial charge on any atom is -0.352 e. The molecule has 2 N–H and O–H groups in total. The van der Waals surface area contributed by atoms with Gasteiger partial charge in [0.2, 0.25) is 0 Å². The maximum Gasteiger partial charge on any atom is 0.261 e. The molecule has 2 aromatic rings. The van der Waals surface area contributed by atoms with E-state index in [1.165, 1.54) is 12.1 Å². The average Bonchev–Trinajstić information content (AvgIpc) is 2.74. The first-order chi connectivity index (χ1) is 14.3. The maximum atomic E-state index is 12.7. The second kappa shape index (κ2) is 10.1. The predicted octanol–water partition coefficient (Wildman–Crippen LogP) is 2.16. The van der Waals surface area contributed by atoms with Crippen molar-refractivity contribution in [2.75, 3.05) is 51.0 Å². The quantitative estimate of drug-likeness (QED) is 0.628. The fourth-order valence-electron chi connectivity index (χ4n) is 3.32. The standard InChI is InChI=1S/C22H30N4O3S/c1-18-7-9-20(10-8-18)24-30(28,29)21-6-3-5-19(17-21)22(27)23-11-4-12-26-15-13-25(2)14-16-26/h3,5-10,17,24H,4,11-16H2,1-2H3,(H,23,27). The highest BCUT2D eigenvalue weighted by Crippen LogP contribution is 2.17. The molecular formula is C22H30N4O3S. The van der Waals surface area contributed by atoms with Crippen LogP contribution >= 0.6 is 0 Å². The Morgan fingerprint density at radius 2 is 1.73 bits per heavy atom. The van der Waals surface area contributed by atoms with Crippen molar-refractivity contribution in [3.05, 3.63) is 59.7 Å². The van der Waals surface area contributed by atoms with Gasteiger partial charge in [-0.25, -0.2) is 8.42 Å². The Morgan fingerprint density at radius 1 is 1.03 bits per heavy atom. The summed E-state index contributed by atoms with van der Waals surface area (Å²) in [6, 6.07) is 13.2. The summed E-state index contributed by atoms with van der Waals surface area (Å²) in [5, 5.41) is 2.89. The molecule has 1 saturated heterocycles. The van der Waals surface area contributed by atoms with Gasteiger partial charge in [-0.15, -0.1) is 0 Å². The van der Waals surface area contributed by atoms with Gasteiger partial charge in [-0.05, 0) is 57.3 Å². The molecule has 1 aliphatic heterocycles. The third-order valence-electron chi connectivity index (χ3n) is 5.24. The molecule has 0 spiro atoms. The Labute approximate surface area is 179 Å². The Morgan fingerprint density at radius 3 is 2.43 bits per heavy atom. The zero-order valence-corrected chi connectivity index (χ0v) is 18.4. The maximum absolute atomic E-state index is 12.7. The van der Waals surface area contributed by atoms with Crippen LogP contribution in [0.25, 0.3) is 0 Å². The first kappa shape index (κ1) is 22.3. The van der Waals surface area contributed by atoms with Gasteiger partial charge in [-0.3, -0.25) is 9.52 Å². The van der Waals surface area contributed by atoms with Crippen molar-refractivity contribution < 1.29 is 13.2 Å². The zero-order chi connectivity index (χ0) is 21.6. The third kappa shape index (κ3) is 6.29. The van der Waals surface area contributed by atoms with Gasteiger partial charge in [0.25, 0.3) is 15.9 Å². The number of nitrogens with one attached hydrogen (secondary N) is 2. The zero-order valence-electron chi connectivity index (χ0n) is 17.6. The van der Waals surface area contributed by atoms with Crippen LogP contribution in [-0.4, -0.2) is 70.4 Å². The number of sulfonamides is 1. The SMILES string of the molecule is Cc1ccc(NS(=O)(=O)c2cccc(C(=O)NCCCN3CCN(C)CC3)c2)cc1. The number of piperazine rings is 1. The first-order valence-electron chi connectivity index (χ1n) is 10.2. The van der Waals surface area contributed by atoms with Crippen LogP contribution in [0.4, 0.5) is 5.69 Å². The van der Waals surface area contributed by atoms with E-state index >= 15 is 0 Å². The summed E-state index contributed by atoms with van der Waals surface area (Å²) in [5.74, 6) is -0.263. The number of aryl methyl sites for hydroxylation is 1. The van der Waals surface area contributed by atoms with E-state index in [9.17, 15) is 13.2 Å². The van der Waals surface area contributed by atoms with Crippen molar-refractivity contribution >= 4 is 21.6 Å². The molecule has 0 atom stereocenters. The minimum atomic E-state index is -3.77. The molecule has 1 amide bonds. The van der Waals surface area contributed by atoms with Crippen molar-refractivity contribution in [3.8, 4) is 0 Å². The number of carbonyl (C=O) groups excluding carboxylic acids is 1. The number of nitrogens with zero attached hydrogens (tertiary/aromatic N) is 2. The lowest BCUT2D eigenvalue weighted by molar-refractivity contribution is 0.0949. The van der Waals surface area contributed by atoms with E-state index in [-0.39, 0.29) is 10.8 Å². The third-order valence-corrected chi connectivity index (χ3v) is 6.62. The van der Waals surface area contributed by atoms with Gasteiger partial charge < -0.3 is 15.1 Å². The number of benzene rings is 2. The molecule has 3 rings (SSSR count). The van der Waals surface area contributed by atoms with Gasteiger partial charge in [0.05, 0.1) is 4.90 Å². The molecule has 30 heavy (non-hydrogen) atoms. The fraction of sp³-hybridized carbons (Fsp3) is 0.409. The smallest absolute Gasteiger partial charge is 0.261 e. The van der Waals surface area contributed by atoms with Crippen molar-refractivity contribution in [1.29, 1.82) is 0 Å². The molecule has 0 bridgehead atoms. The molecule has 0 radical (unpaired) electrons. The van der Waals surface area contributed by atoms with Crippen molar-refractivity contribution in [2.24, 2.45) is 0 Å². The molecule has 8 heteroatoms. The number of likely N-dealkylation sites (N-methyl/N-ethyl adjacent to an activating group) is 1. The summed E-state index contributed by atoms with van der Waals surface area (Å²) in [6.07, 6.45) is 0.864. The minimum absolute atomic E-state index is 0.0631. The number of amides is 1. The van der Waals surface area contributed by atoms with Gasteiger partial charge in [-0.1, -0.05) is 23.8 Å². The Bertz CT molecular complexity index is 953. The van der Waals surface area contributed by atoms with Crippen LogP contribution in [0.1, 0.15) is 22.3 Å². The number of hydrogen-bond acceptors (Lipinski definition) is 5. The molecule has 2 aromatic carbocycles. The van der Waals surface area contributed by atoms with Crippen LogP contribution in [0.3, 0.4) is 0 Å². The number of anilines is 1. The molecule has 0 unspecified atom stereocenters. The van der Waals surface area contributed by atoms with Crippen molar-refractivity contribution in [2.45, 2.75) is 18.2 Å². The molecule has 7 nitrogen and oxygen atoms in total. The van der Waals surface area contributed by atoms with E-state index in [1.54, 1.807) is 24.3 Å². The van der Waals surface area contributed by atoms with E-state index in [4.69, 9.17) is 0 Å². The van der Waals surface area contributed by atoms with Crippen LogP contribution in [-0.2, 0) is 10.0 Å². The lowest BCUT2D eigenvalue weighted by Crippen LogP contribution is -2.45. The van der Waals surface area contributed by atoms with Gasteiger partial charge >= 0.3 is 0 Å². The van der Waals surface area contributed by atoms with Crippen LogP contribution in [0.15, 0.2) is 53.4 Å². The summed E-state index contributed by atoms with van der Waals surface area (Å²) in [5.41, 5.74) is 1.87.